The second kappa shape index (κ2) is 8.38. The van der Waals surface area contributed by atoms with Crippen LogP contribution in [0.5, 0.6) is 0 Å². The number of hydrogen-bond donors (Lipinski definition) is 2. The van der Waals surface area contributed by atoms with E-state index in [1.165, 1.54) is 0 Å². The molecule has 0 aliphatic rings. The van der Waals surface area contributed by atoms with Gasteiger partial charge in [-0.05, 0) is 67.1 Å². The third kappa shape index (κ3) is 4.37. The van der Waals surface area contributed by atoms with Gasteiger partial charge < -0.3 is 10.6 Å². The SMILES string of the molecule is Cc1cc(Cl)ccc1NC(=O)c1ccc(C(=O)Nc2ccccc2C#N)cc1. The van der Waals surface area contributed by atoms with Crippen molar-refractivity contribution < 1.29 is 9.59 Å². The predicted octanol–water partition coefficient (Wildman–Crippen LogP) is 5.02. The maximum Gasteiger partial charge on any atom is 0.255 e. The van der Waals surface area contributed by atoms with E-state index in [9.17, 15) is 9.59 Å². The van der Waals surface area contributed by atoms with Crippen LogP contribution in [0.25, 0.3) is 0 Å². The van der Waals surface area contributed by atoms with Crippen molar-refractivity contribution in [2.45, 2.75) is 6.92 Å². The van der Waals surface area contributed by atoms with Crippen LogP contribution in [-0.2, 0) is 0 Å². The fourth-order valence-electron chi connectivity index (χ4n) is 2.62. The highest BCUT2D eigenvalue weighted by atomic mass is 35.5. The van der Waals surface area contributed by atoms with Crippen molar-refractivity contribution in [3.8, 4) is 6.07 Å². The molecule has 0 atom stereocenters. The van der Waals surface area contributed by atoms with E-state index in [1.54, 1.807) is 66.7 Å². The normalized spacial score (nSPS) is 10.0. The van der Waals surface area contributed by atoms with Crippen LogP contribution in [0.2, 0.25) is 5.02 Å². The van der Waals surface area contributed by atoms with Gasteiger partial charge in [-0.3, -0.25) is 9.59 Å². The van der Waals surface area contributed by atoms with E-state index in [4.69, 9.17) is 16.9 Å². The maximum atomic E-state index is 12.4. The Morgan fingerprint density at radius 2 is 1.43 bits per heavy atom. The molecule has 0 saturated heterocycles. The summed E-state index contributed by atoms with van der Waals surface area (Å²) in [6, 6.07) is 20.3. The Hall–Kier alpha value is -3.62. The highest BCUT2D eigenvalue weighted by Crippen LogP contribution is 2.20. The van der Waals surface area contributed by atoms with Crippen molar-refractivity contribution in [1.82, 2.24) is 0 Å². The van der Waals surface area contributed by atoms with Gasteiger partial charge in [-0.15, -0.1) is 0 Å². The Labute approximate surface area is 167 Å². The van der Waals surface area contributed by atoms with E-state index in [0.717, 1.165) is 5.56 Å². The molecule has 0 aliphatic carbocycles. The highest BCUT2D eigenvalue weighted by Gasteiger charge is 2.12. The van der Waals surface area contributed by atoms with Gasteiger partial charge in [0, 0.05) is 21.8 Å². The van der Waals surface area contributed by atoms with E-state index < -0.39 is 0 Å². The van der Waals surface area contributed by atoms with Crippen molar-refractivity contribution in [2.24, 2.45) is 0 Å². The van der Waals surface area contributed by atoms with Crippen LogP contribution in [0, 0.1) is 18.3 Å². The number of halogens is 1. The van der Waals surface area contributed by atoms with Gasteiger partial charge in [0.1, 0.15) is 6.07 Å². The van der Waals surface area contributed by atoms with Gasteiger partial charge in [-0.25, -0.2) is 0 Å². The topological polar surface area (TPSA) is 82.0 Å². The molecular formula is C22H16ClN3O2. The summed E-state index contributed by atoms with van der Waals surface area (Å²) in [5.74, 6) is -0.643. The molecule has 3 aromatic carbocycles. The van der Waals surface area contributed by atoms with Crippen LogP contribution in [0.4, 0.5) is 11.4 Å². The number of rotatable bonds is 4. The monoisotopic (exact) mass is 389 g/mol. The molecule has 0 fully saturated rings. The smallest absolute Gasteiger partial charge is 0.255 e. The number of benzene rings is 3. The van der Waals surface area contributed by atoms with Crippen LogP contribution < -0.4 is 10.6 Å². The Morgan fingerprint density at radius 1 is 0.857 bits per heavy atom. The minimum Gasteiger partial charge on any atom is -0.322 e. The molecule has 0 unspecified atom stereocenters. The van der Waals surface area contributed by atoms with Crippen molar-refractivity contribution >= 4 is 34.8 Å². The minimum atomic E-state index is -0.358. The first kappa shape index (κ1) is 19.2. The van der Waals surface area contributed by atoms with Gasteiger partial charge in [-0.1, -0.05) is 23.7 Å². The van der Waals surface area contributed by atoms with Gasteiger partial charge in [0.15, 0.2) is 0 Å². The zero-order chi connectivity index (χ0) is 20.1. The number of amides is 2. The number of anilines is 2. The molecule has 5 nitrogen and oxygen atoms in total. The number of nitrogens with zero attached hydrogens (tertiary/aromatic N) is 1. The summed E-state index contributed by atoms with van der Waals surface area (Å²) >= 11 is 5.93. The zero-order valence-electron chi connectivity index (χ0n) is 15.0. The summed E-state index contributed by atoms with van der Waals surface area (Å²) in [6.07, 6.45) is 0. The zero-order valence-corrected chi connectivity index (χ0v) is 15.7. The van der Waals surface area contributed by atoms with Gasteiger partial charge in [0.05, 0.1) is 11.3 Å². The summed E-state index contributed by atoms with van der Waals surface area (Å²) in [6.45, 7) is 1.86. The molecule has 0 bridgehead atoms. The number of para-hydroxylation sites is 1. The van der Waals surface area contributed by atoms with E-state index in [1.807, 2.05) is 13.0 Å². The molecule has 2 amide bonds. The fourth-order valence-corrected chi connectivity index (χ4v) is 2.85. The molecule has 3 rings (SSSR count). The standard InChI is InChI=1S/C22H16ClN3O2/c1-14-12-18(23)10-11-19(14)25-21(27)15-6-8-16(9-7-15)22(28)26-20-5-3-2-4-17(20)13-24/h2-12H,1H3,(H,25,27)(H,26,28). The minimum absolute atomic E-state index is 0.285. The summed E-state index contributed by atoms with van der Waals surface area (Å²) < 4.78 is 0. The lowest BCUT2D eigenvalue weighted by atomic mass is 10.1. The van der Waals surface area contributed by atoms with Gasteiger partial charge in [0.25, 0.3) is 11.8 Å². The summed E-state index contributed by atoms with van der Waals surface area (Å²) in [5.41, 5.74) is 3.15. The van der Waals surface area contributed by atoms with E-state index >= 15 is 0 Å². The van der Waals surface area contributed by atoms with Crippen molar-refractivity contribution in [3.63, 3.8) is 0 Å². The Kier molecular flexibility index (Phi) is 5.73. The third-order valence-electron chi connectivity index (χ3n) is 4.14. The number of hydrogen-bond acceptors (Lipinski definition) is 3. The Balaban J connectivity index is 1.71. The number of carbonyl (C=O) groups is 2. The van der Waals surface area contributed by atoms with Gasteiger partial charge in [-0.2, -0.15) is 5.26 Å². The molecule has 3 aromatic rings. The average molecular weight is 390 g/mol. The molecule has 2 N–H and O–H groups in total. The van der Waals surface area contributed by atoms with E-state index in [2.05, 4.69) is 10.6 Å². The van der Waals surface area contributed by atoms with Crippen molar-refractivity contribution in [2.75, 3.05) is 10.6 Å². The number of aryl methyl sites for hydroxylation is 1. The van der Waals surface area contributed by atoms with Crippen LogP contribution >= 0.6 is 11.6 Å². The molecule has 6 heteroatoms. The third-order valence-corrected chi connectivity index (χ3v) is 4.38. The molecule has 0 saturated carbocycles. The molecule has 138 valence electrons. The van der Waals surface area contributed by atoms with Crippen LogP contribution in [0.1, 0.15) is 31.8 Å². The average Bonchev–Trinajstić information content (AvgIpc) is 2.70. The lowest BCUT2D eigenvalue weighted by molar-refractivity contribution is 0.101. The Bertz CT molecular complexity index is 1090. The van der Waals surface area contributed by atoms with Gasteiger partial charge in [0.2, 0.25) is 0 Å². The van der Waals surface area contributed by atoms with Gasteiger partial charge >= 0.3 is 0 Å². The summed E-state index contributed by atoms with van der Waals surface area (Å²) in [4.78, 5) is 24.8. The second-order valence-electron chi connectivity index (χ2n) is 6.10. The number of carbonyl (C=O) groups excluding carboxylic acids is 2. The lowest BCUT2D eigenvalue weighted by Crippen LogP contribution is -2.15. The Morgan fingerprint density at radius 3 is 2.00 bits per heavy atom. The first-order valence-electron chi connectivity index (χ1n) is 8.46. The summed E-state index contributed by atoms with van der Waals surface area (Å²) in [7, 11) is 0. The summed E-state index contributed by atoms with van der Waals surface area (Å²) in [5, 5.41) is 15.2. The maximum absolute atomic E-state index is 12.4. The molecule has 0 aliphatic heterocycles. The van der Waals surface area contributed by atoms with Crippen LogP contribution in [0.15, 0.2) is 66.7 Å². The molecular weight excluding hydrogens is 374 g/mol. The fraction of sp³-hybridized carbons (Fsp3) is 0.0455. The molecule has 0 aromatic heterocycles. The highest BCUT2D eigenvalue weighted by molar-refractivity contribution is 6.30. The quantitative estimate of drug-likeness (QED) is 0.656. The van der Waals surface area contributed by atoms with E-state index in [0.29, 0.717) is 33.1 Å². The molecule has 0 radical (unpaired) electrons. The number of nitriles is 1. The van der Waals surface area contributed by atoms with Crippen molar-refractivity contribution in [1.29, 1.82) is 5.26 Å². The molecule has 28 heavy (non-hydrogen) atoms. The molecule has 0 heterocycles. The first-order valence-corrected chi connectivity index (χ1v) is 8.84. The largest absolute Gasteiger partial charge is 0.322 e. The number of nitrogens with one attached hydrogen (secondary N) is 2. The van der Waals surface area contributed by atoms with Crippen LogP contribution in [0.3, 0.4) is 0 Å². The van der Waals surface area contributed by atoms with E-state index in [-0.39, 0.29) is 11.8 Å². The molecule has 0 spiro atoms. The second-order valence-corrected chi connectivity index (χ2v) is 6.54. The first-order chi connectivity index (χ1) is 13.5. The predicted molar refractivity (Wildman–Crippen MR) is 110 cm³/mol. The lowest BCUT2D eigenvalue weighted by Gasteiger charge is -2.10. The van der Waals surface area contributed by atoms with Crippen molar-refractivity contribution in [3.05, 3.63) is 94.0 Å². The van der Waals surface area contributed by atoms with Crippen LogP contribution in [-0.4, -0.2) is 11.8 Å².